The molecule has 214 valence electrons. The second kappa shape index (κ2) is 13.8. The lowest BCUT2D eigenvalue weighted by Crippen LogP contribution is -2.25. The van der Waals surface area contributed by atoms with Crippen molar-refractivity contribution in [1.29, 1.82) is 0 Å². The second-order valence-electron chi connectivity index (χ2n) is 11.0. The Bertz CT molecular complexity index is 1100. The van der Waals surface area contributed by atoms with Crippen molar-refractivity contribution in [2.45, 2.75) is 91.8 Å². The van der Waals surface area contributed by atoms with Crippen molar-refractivity contribution >= 4 is 27.5 Å². The van der Waals surface area contributed by atoms with Gasteiger partial charge >= 0.3 is 13.6 Å². The zero-order chi connectivity index (χ0) is 28.7. The third-order valence-corrected chi connectivity index (χ3v) is 9.47. The maximum absolute atomic E-state index is 12.6. The molecule has 0 radical (unpaired) electrons. The van der Waals surface area contributed by atoms with Crippen molar-refractivity contribution in [2.75, 3.05) is 20.0 Å². The standard InChI is InChI=1S/C27H44NO8PSi/c1-9-19(3)36-37(31,32)17-28-23(29)13-11-18(2)10-12-21-25(33-5)20(4)22-16-35-27(30)24(22)26(21)34-14-15-38(6,7)8/h10,19H,9,11-17H2,1-8H3,(H,28,29)(H,31,32). The van der Waals surface area contributed by atoms with E-state index in [0.717, 1.165) is 28.3 Å². The van der Waals surface area contributed by atoms with Gasteiger partial charge in [0.25, 0.3) is 0 Å². The van der Waals surface area contributed by atoms with Crippen molar-refractivity contribution in [3.8, 4) is 11.5 Å². The summed E-state index contributed by atoms with van der Waals surface area (Å²) >= 11 is 0. The number of cyclic esters (lactones) is 1. The van der Waals surface area contributed by atoms with Crippen LogP contribution in [-0.2, 0) is 31.6 Å². The Kier molecular flexibility index (Phi) is 11.6. The molecule has 1 aliphatic heterocycles. The largest absolute Gasteiger partial charge is 0.496 e. The number of fused-ring (bicyclic) bond motifs is 1. The lowest BCUT2D eigenvalue weighted by Gasteiger charge is -2.21. The van der Waals surface area contributed by atoms with Gasteiger partial charge in [-0.2, -0.15) is 0 Å². The van der Waals surface area contributed by atoms with Gasteiger partial charge in [-0.25, -0.2) is 4.79 Å². The summed E-state index contributed by atoms with van der Waals surface area (Å²) in [5.74, 6) is 0.478. The fourth-order valence-electron chi connectivity index (χ4n) is 3.99. The Morgan fingerprint density at radius 2 is 1.95 bits per heavy atom. The van der Waals surface area contributed by atoms with Gasteiger partial charge in [0.05, 0.1) is 19.8 Å². The first-order valence-electron chi connectivity index (χ1n) is 13.1. The minimum Gasteiger partial charge on any atom is -0.496 e. The van der Waals surface area contributed by atoms with Crippen LogP contribution in [-0.4, -0.2) is 51.0 Å². The maximum atomic E-state index is 12.6. The molecule has 0 aromatic heterocycles. The summed E-state index contributed by atoms with van der Waals surface area (Å²) in [4.78, 5) is 34.8. The Hall–Kier alpha value is -2.13. The van der Waals surface area contributed by atoms with Gasteiger partial charge < -0.3 is 28.9 Å². The lowest BCUT2D eigenvalue weighted by molar-refractivity contribution is -0.120. The van der Waals surface area contributed by atoms with E-state index in [4.69, 9.17) is 18.7 Å². The van der Waals surface area contributed by atoms with Crippen molar-refractivity contribution in [3.63, 3.8) is 0 Å². The highest BCUT2D eigenvalue weighted by molar-refractivity contribution is 7.52. The molecule has 0 aliphatic carbocycles. The van der Waals surface area contributed by atoms with E-state index < -0.39 is 22.0 Å². The molecule has 1 aromatic rings. The normalized spacial score (nSPS) is 15.9. The molecule has 0 saturated carbocycles. The van der Waals surface area contributed by atoms with Crippen LogP contribution in [0.2, 0.25) is 25.7 Å². The van der Waals surface area contributed by atoms with Crippen LogP contribution < -0.4 is 14.8 Å². The van der Waals surface area contributed by atoms with Gasteiger partial charge in [0.2, 0.25) is 5.91 Å². The SMILES string of the molecule is CCC(C)OP(=O)(O)CNC(=O)CCC(C)=CCc1c(OC)c(C)c2c(c1OCC[Si](C)(C)C)C(=O)OC2. The number of rotatable bonds is 15. The van der Waals surface area contributed by atoms with Crippen LogP contribution in [0, 0.1) is 6.92 Å². The van der Waals surface area contributed by atoms with E-state index >= 15 is 0 Å². The van der Waals surface area contributed by atoms with Gasteiger partial charge in [-0.3, -0.25) is 9.36 Å². The Morgan fingerprint density at radius 1 is 1.26 bits per heavy atom. The molecule has 1 amide bonds. The second-order valence-corrected chi connectivity index (χ2v) is 18.5. The average molecular weight is 570 g/mol. The molecule has 11 heteroatoms. The summed E-state index contributed by atoms with van der Waals surface area (Å²) in [5, 5.41) is 2.49. The predicted molar refractivity (Wildman–Crippen MR) is 151 cm³/mol. The van der Waals surface area contributed by atoms with Crippen LogP contribution in [0.5, 0.6) is 11.5 Å². The molecule has 1 aliphatic rings. The summed E-state index contributed by atoms with van der Waals surface area (Å²) < 4.78 is 34.6. The van der Waals surface area contributed by atoms with Gasteiger partial charge in [-0.05, 0) is 51.6 Å². The fraction of sp³-hybridized carbons (Fsp3) is 0.630. The van der Waals surface area contributed by atoms with Crippen molar-refractivity contribution in [1.82, 2.24) is 5.32 Å². The van der Waals surface area contributed by atoms with Gasteiger partial charge in [-0.1, -0.05) is 38.2 Å². The molecule has 1 heterocycles. The molecule has 2 N–H and O–H groups in total. The molecule has 0 saturated heterocycles. The minimum atomic E-state index is -3.88. The van der Waals surface area contributed by atoms with Crippen molar-refractivity contribution in [2.24, 2.45) is 0 Å². The molecule has 0 bridgehead atoms. The molecule has 0 fully saturated rings. The highest BCUT2D eigenvalue weighted by atomic mass is 31.2. The number of carbonyl (C=O) groups excluding carboxylic acids is 2. The molecule has 2 unspecified atom stereocenters. The first-order chi connectivity index (χ1) is 17.7. The van der Waals surface area contributed by atoms with E-state index in [1.165, 1.54) is 0 Å². The summed E-state index contributed by atoms with van der Waals surface area (Å²) in [7, 11) is -3.63. The number of allylic oxidation sites excluding steroid dienone is 2. The topological polar surface area (TPSA) is 120 Å². The Balaban J connectivity index is 2.15. The predicted octanol–water partition coefficient (Wildman–Crippen LogP) is 5.73. The molecule has 38 heavy (non-hydrogen) atoms. The van der Waals surface area contributed by atoms with Gasteiger partial charge in [0.1, 0.15) is 30.0 Å². The number of amides is 1. The number of carbonyl (C=O) groups is 2. The Morgan fingerprint density at radius 3 is 2.55 bits per heavy atom. The summed E-state index contributed by atoms with van der Waals surface area (Å²) in [6.45, 7) is 14.9. The number of nitrogens with one attached hydrogen (secondary N) is 1. The molecule has 9 nitrogen and oxygen atoms in total. The van der Waals surface area contributed by atoms with Crippen LogP contribution in [0.25, 0.3) is 0 Å². The average Bonchev–Trinajstić information content (AvgIpc) is 3.22. The van der Waals surface area contributed by atoms with E-state index in [1.54, 1.807) is 14.0 Å². The van der Waals surface area contributed by atoms with Crippen LogP contribution in [0.3, 0.4) is 0 Å². The number of esters is 1. The van der Waals surface area contributed by atoms with Crippen LogP contribution >= 0.6 is 7.60 Å². The number of ether oxygens (including phenoxy) is 3. The molecular weight excluding hydrogens is 525 g/mol. The van der Waals surface area contributed by atoms with E-state index in [9.17, 15) is 19.0 Å². The van der Waals surface area contributed by atoms with E-state index in [1.807, 2.05) is 26.8 Å². The highest BCUT2D eigenvalue weighted by Gasteiger charge is 2.33. The minimum absolute atomic E-state index is 0.165. The molecule has 2 atom stereocenters. The van der Waals surface area contributed by atoms with E-state index in [0.29, 0.717) is 42.9 Å². The first-order valence-corrected chi connectivity index (χ1v) is 18.6. The maximum Gasteiger partial charge on any atom is 0.347 e. The van der Waals surface area contributed by atoms with Crippen molar-refractivity contribution < 1.29 is 37.8 Å². The lowest BCUT2D eigenvalue weighted by atomic mass is 9.94. The van der Waals surface area contributed by atoms with E-state index in [2.05, 4.69) is 25.0 Å². The third-order valence-electron chi connectivity index (χ3n) is 6.52. The summed E-state index contributed by atoms with van der Waals surface area (Å²) in [6, 6.07) is 0.944. The molecule has 0 spiro atoms. The van der Waals surface area contributed by atoms with Gasteiger partial charge in [0, 0.05) is 25.6 Å². The monoisotopic (exact) mass is 569 g/mol. The van der Waals surface area contributed by atoms with Crippen LogP contribution in [0.4, 0.5) is 0 Å². The van der Waals surface area contributed by atoms with Crippen LogP contribution in [0.15, 0.2) is 11.6 Å². The Labute approximate surface area is 227 Å². The smallest absolute Gasteiger partial charge is 0.347 e. The molecule has 2 rings (SSSR count). The van der Waals surface area contributed by atoms with Crippen LogP contribution in [0.1, 0.15) is 67.1 Å². The highest BCUT2D eigenvalue weighted by Crippen LogP contribution is 2.43. The third kappa shape index (κ3) is 9.26. The quantitative estimate of drug-likeness (QED) is 0.119. The summed E-state index contributed by atoms with van der Waals surface area (Å²) in [5.41, 5.74) is 3.88. The zero-order valence-electron chi connectivity index (χ0n) is 24.1. The molecular formula is C27H44NO8PSi. The van der Waals surface area contributed by atoms with E-state index in [-0.39, 0.29) is 31.0 Å². The number of benzene rings is 1. The molecule has 1 aromatic carbocycles. The van der Waals surface area contributed by atoms with Gasteiger partial charge in [-0.15, -0.1) is 0 Å². The number of methoxy groups -OCH3 is 1. The first kappa shape index (κ1) is 32.1. The zero-order valence-corrected chi connectivity index (χ0v) is 26.0. The number of hydrogen-bond acceptors (Lipinski definition) is 7. The van der Waals surface area contributed by atoms with Crippen molar-refractivity contribution in [3.05, 3.63) is 33.9 Å². The summed E-state index contributed by atoms with van der Waals surface area (Å²) in [6.07, 6.45) is 2.90. The van der Waals surface area contributed by atoms with Gasteiger partial charge in [0.15, 0.2) is 0 Å². The number of hydrogen-bond donors (Lipinski definition) is 2. The fourth-order valence-corrected chi connectivity index (χ4v) is 5.86.